The van der Waals surface area contributed by atoms with Crippen LogP contribution in [0.1, 0.15) is 131 Å². The first-order chi connectivity index (χ1) is 26.1. The van der Waals surface area contributed by atoms with Gasteiger partial charge in [-0.05, 0) is 133 Å². The summed E-state index contributed by atoms with van der Waals surface area (Å²) in [5.74, 6) is 2.31. The molecule has 2 N–H and O–H groups in total. The van der Waals surface area contributed by atoms with E-state index >= 15 is 0 Å². The molecule has 2 aliphatic rings. The van der Waals surface area contributed by atoms with Gasteiger partial charge in [0.15, 0.2) is 0 Å². The second-order valence-electron chi connectivity index (χ2n) is 18.7. The Morgan fingerprint density at radius 1 is 0.661 bits per heavy atom. The average Bonchev–Trinajstić information content (AvgIpc) is 3.67. The molecule has 56 heavy (non-hydrogen) atoms. The molecule has 0 saturated heterocycles. The normalized spacial score (nSPS) is 21.8. The van der Waals surface area contributed by atoms with Gasteiger partial charge in [0.1, 0.15) is 24.0 Å². The summed E-state index contributed by atoms with van der Waals surface area (Å²) in [6.07, 6.45) is 4.84. The van der Waals surface area contributed by atoms with Crippen LogP contribution in [0.3, 0.4) is 0 Å². The van der Waals surface area contributed by atoms with Crippen LogP contribution in [0.5, 0.6) is 0 Å². The highest BCUT2D eigenvalue weighted by atomic mass is 32.2. The zero-order valence-corrected chi connectivity index (χ0v) is 36.1. The minimum Gasteiger partial charge on any atom is -0.327 e. The summed E-state index contributed by atoms with van der Waals surface area (Å²) in [6.45, 7) is 17.0. The average molecular weight is 817 g/mol. The van der Waals surface area contributed by atoms with Crippen molar-refractivity contribution >= 4 is 53.5 Å². The van der Waals surface area contributed by atoms with Crippen molar-refractivity contribution < 1.29 is 25.6 Å². The van der Waals surface area contributed by atoms with Crippen LogP contribution in [0.15, 0.2) is 36.4 Å². The molecule has 2 fully saturated rings. The lowest BCUT2D eigenvalue weighted by atomic mass is 9.83. The Hall–Kier alpha value is -3.26. The maximum atomic E-state index is 14.1. The largest absolute Gasteiger partial charge is 0.327 e. The van der Waals surface area contributed by atoms with Crippen LogP contribution in [-0.2, 0) is 44.0 Å². The smallest absolute Gasteiger partial charge is 0.237 e. The molecule has 4 aromatic rings. The van der Waals surface area contributed by atoms with Crippen LogP contribution in [0, 0.1) is 11.8 Å². The van der Waals surface area contributed by atoms with Crippen molar-refractivity contribution in [3.05, 3.63) is 48.0 Å². The predicted molar refractivity (Wildman–Crippen MR) is 224 cm³/mol. The molecule has 0 atom stereocenters. The first kappa shape index (κ1) is 42.3. The number of nitrogens with zero attached hydrogens (tertiary/aromatic N) is 4. The van der Waals surface area contributed by atoms with Crippen molar-refractivity contribution in [2.24, 2.45) is 11.8 Å². The second-order valence-corrected chi connectivity index (χ2v) is 23.1. The lowest BCUT2D eigenvalue weighted by Gasteiger charge is -2.32. The van der Waals surface area contributed by atoms with Gasteiger partial charge in [0, 0.05) is 23.9 Å². The Kier molecular flexibility index (Phi) is 12.0. The van der Waals surface area contributed by atoms with Gasteiger partial charge < -0.3 is 9.13 Å². The molecule has 6 rings (SSSR count). The molecule has 0 bridgehead atoms. The number of fused-ring (bicyclic) bond motifs is 2. The number of anilines is 2. The SMILES string of the molecule is CCS(=O)(=O)Nc1ccc2c(c1)nc(C(C)(C)CCC(C)(C)S(=O)(=O)Nc1ccc3c(c1)nc(C(C)(C)C)n3CC1CCC(F)CC1)n2CC1CCC(F)CC1. The van der Waals surface area contributed by atoms with Crippen LogP contribution in [-0.4, -0.2) is 58.8 Å². The molecule has 2 aromatic heterocycles. The van der Waals surface area contributed by atoms with E-state index in [2.05, 4.69) is 53.2 Å². The van der Waals surface area contributed by atoms with Gasteiger partial charge in [0.2, 0.25) is 20.0 Å². The van der Waals surface area contributed by atoms with Gasteiger partial charge >= 0.3 is 0 Å². The number of alkyl halides is 2. The first-order valence-corrected chi connectivity index (χ1v) is 23.5. The molecule has 2 heterocycles. The number of benzene rings is 2. The number of aromatic nitrogens is 4. The zero-order valence-electron chi connectivity index (χ0n) is 34.5. The summed E-state index contributed by atoms with van der Waals surface area (Å²) in [4.78, 5) is 10.1. The summed E-state index contributed by atoms with van der Waals surface area (Å²) in [7, 11) is -7.37. The first-order valence-electron chi connectivity index (χ1n) is 20.4. The predicted octanol–water partition coefficient (Wildman–Crippen LogP) is 9.78. The van der Waals surface area contributed by atoms with Crippen LogP contribution in [0.4, 0.5) is 20.2 Å². The Labute approximate surface area is 332 Å². The molecular weight excluding hydrogens is 755 g/mol. The third-order valence-corrected chi connectivity index (χ3v) is 15.7. The summed E-state index contributed by atoms with van der Waals surface area (Å²) in [5.41, 5.74) is 3.25. The number of hydrogen-bond acceptors (Lipinski definition) is 6. The van der Waals surface area contributed by atoms with Gasteiger partial charge in [-0.1, -0.05) is 34.6 Å². The highest BCUT2D eigenvalue weighted by molar-refractivity contribution is 7.94. The lowest BCUT2D eigenvalue weighted by Crippen LogP contribution is -2.38. The molecule has 0 unspecified atom stereocenters. The van der Waals surface area contributed by atoms with Crippen molar-refractivity contribution in [2.75, 3.05) is 15.2 Å². The van der Waals surface area contributed by atoms with E-state index in [4.69, 9.17) is 9.97 Å². The molecule has 2 aliphatic carbocycles. The number of hydrogen-bond donors (Lipinski definition) is 2. The van der Waals surface area contributed by atoms with Gasteiger partial charge in [0.05, 0.1) is 43.9 Å². The van der Waals surface area contributed by atoms with E-state index in [1.807, 2.05) is 18.2 Å². The van der Waals surface area contributed by atoms with E-state index in [1.54, 1.807) is 39.0 Å². The number of imidazole rings is 2. The molecule has 0 spiro atoms. The fourth-order valence-electron chi connectivity index (χ4n) is 8.38. The summed E-state index contributed by atoms with van der Waals surface area (Å²) in [5, 5.41) is 0. The van der Waals surface area contributed by atoms with Crippen LogP contribution in [0.25, 0.3) is 22.1 Å². The van der Waals surface area contributed by atoms with Gasteiger partial charge in [-0.25, -0.2) is 35.6 Å². The van der Waals surface area contributed by atoms with E-state index in [1.165, 1.54) is 0 Å². The fourth-order valence-corrected chi connectivity index (χ4v) is 10.1. The molecule has 2 saturated carbocycles. The number of sulfonamides is 2. The molecular formula is C42H62F2N6O4S2. The summed E-state index contributed by atoms with van der Waals surface area (Å²) >= 11 is 0. The van der Waals surface area contributed by atoms with Crippen molar-refractivity contribution in [3.8, 4) is 0 Å². The second kappa shape index (κ2) is 15.8. The van der Waals surface area contributed by atoms with E-state index in [0.717, 1.165) is 60.4 Å². The van der Waals surface area contributed by atoms with Crippen molar-refractivity contribution in [1.29, 1.82) is 0 Å². The highest BCUT2D eigenvalue weighted by Crippen LogP contribution is 2.39. The molecule has 10 nitrogen and oxygen atoms in total. The molecule has 2 aromatic carbocycles. The maximum absolute atomic E-state index is 14.1. The zero-order chi connectivity index (χ0) is 40.8. The molecule has 0 amide bonds. The van der Waals surface area contributed by atoms with Gasteiger partial charge in [-0.15, -0.1) is 0 Å². The van der Waals surface area contributed by atoms with Gasteiger partial charge in [0.25, 0.3) is 0 Å². The summed E-state index contributed by atoms with van der Waals surface area (Å²) < 4.78 is 89.7. The fraction of sp³-hybridized carbons (Fsp3) is 0.667. The summed E-state index contributed by atoms with van der Waals surface area (Å²) in [6, 6.07) is 10.9. The van der Waals surface area contributed by atoms with E-state index < -0.39 is 42.6 Å². The minimum atomic E-state index is -3.88. The highest BCUT2D eigenvalue weighted by Gasteiger charge is 2.39. The Morgan fingerprint density at radius 2 is 1.11 bits per heavy atom. The van der Waals surface area contributed by atoms with E-state index in [-0.39, 0.29) is 17.1 Å². The molecule has 0 radical (unpaired) electrons. The van der Waals surface area contributed by atoms with E-state index in [9.17, 15) is 25.6 Å². The number of halogens is 2. The minimum absolute atomic E-state index is 0.0517. The third-order valence-electron chi connectivity index (χ3n) is 12.2. The van der Waals surface area contributed by atoms with Crippen LogP contribution >= 0.6 is 0 Å². The van der Waals surface area contributed by atoms with Crippen LogP contribution < -0.4 is 9.44 Å². The van der Waals surface area contributed by atoms with Gasteiger partial charge in [-0.2, -0.15) is 0 Å². The van der Waals surface area contributed by atoms with Crippen molar-refractivity contribution in [1.82, 2.24) is 19.1 Å². The standard InChI is InChI=1S/C42H62F2N6O4S2/c1-9-55(51,52)47-32-18-20-37-35(24-32)46-39(50(37)27-29-12-16-31(44)17-13-29)41(5,6)22-23-42(7,8)56(53,54)48-33-19-21-36-34(25-33)45-38(40(2,3)4)49(36)26-28-10-14-30(43)15-11-28/h18-21,24-25,28-31,47-48H,9-17,22-23,26-27H2,1-8H3. The van der Waals surface area contributed by atoms with Crippen molar-refractivity contribution in [3.63, 3.8) is 0 Å². The maximum Gasteiger partial charge on any atom is 0.237 e. The molecule has 310 valence electrons. The molecule has 14 heteroatoms. The van der Waals surface area contributed by atoms with Gasteiger partial charge in [-0.3, -0.25) is 9.44 Å². The van der Waals surface area contributed by atoms with Crippen molar-refractivity contribution in [2.45, 2.75) is 161 Å². The third kappa shape index (κ3) is 9.37. The quantitative estimate of drug-likeness (QED) is 0.131. The number of nitrogens with one attached hydrogen (secondary N) is 2. The monoisotopic (exact) mass is 816 g/mol. The Bertz CT molecular complexity index is 2240. The number of rotatable bonds is 14. The Morgan fingerprint density at radius 3 is 1.57 bits per heavy atom. The lowest BCUT2D eigenvalue weighted by molar-refractivity contribution is 0.194. The topological polar surface area (TPSA) is 128 Å². The Balaban J connectivity index is 1.23. The van der Waals surface area contributed by atoms with E-state index in [0.29, 0.717) is 67.9 Å². The van der Waals surface area contributed by atoms with Crippen LogP contribution in [0.2, 0.25) is 0 Å². The molecule has 0 aliphatic heterocycles.